The number of amides is 1. The van der Waals surface area contributed by atoms with Gasteiger partial charge in [-0.3, -0.25) is 0 Å². The quantitative estimate of drug-likeness (QED) is 0.247. The molecule has 4 heterocycles. The molecule has 2 saturated heterocycles. The van der Waals surface area contributed by atoms with Gasteiger partial charge in [-0.15, -0.1) is 0 Å². The van der Waals surface area contributed by atoms with Crippen molar-refractivity contribution in [1.82, 2.24) is 14.7 Å². The SMILES string of the molecule is C[Si](C)(C)CCOCn1cc(-c2ccc3c(c2)COc2cc(N[C@@H]4C[C@H]5CC[C@@H](C4)N5C(=O)O)ccc2-3)cn1. The number of piperidine rings is 1. The largest absolute Gasteiger partial charge is 0.488 e. The van der Waals surface area contributed by atoms with Crippen LogP contribution in [0.2, 0.25) is 25.7 Å². The molecule has 0 unspecified atom stereocenters. The summed E-state index contributed by atoms with van der Waals surface area (Å²) >= 11 is 0. The highest BCUT2D eigenvalue weighted by molar-refractivity contribution is 6.76. The van der Waals surface area contributed by atoms with Crippen molar-refractivity contribution in [2.24, 2.45) is 0 Å². The third-order valence-electron chi connectivity index (χ3n) is 8.27. The first-order valence-corrected chi connectivity index (χ1v) is 17.7. The van der Waals surface area contributed by atoms with Crippen LogP contribution in [0.4, 0.5) is 10.5 Å². The summed E-state index contributed by atoms with van der Waals surface area (Å²) in [5.74, 6) is 0.884. The fraction of sp³-hybridized carbons (Fsp3) is 0.467. The number of ether oxygens (including phenoxy) is 2. The van der Waals surface area contributed by atoms with Crippen molar-refractivity contribution in [3.63, 3.8) is 0 Å². The van der Waals surface area contributed by atoms with Gasteiger partial charge in [-0.05, 0) is 66.6 Å². The highest BCUT2D eigenvalue weighted by Gasteiger charge is 2.43. The minimum Gasteiger partial charge on any atom is -0.488 e. The van der Waals surface area contributed by atoms with Crippen LogP contribution < -0.4 is 10.1 Å². The summed E-state index contributed by atoms with van der Waals surface area (Å²) in [4.78, 5) is 13.3. The molecule has 0 radical (unpaired) electrons. The summed E-state index contributed by atoms with van der Waals surface area (Å²) in [5, 5.41) is 17.7. The molecule has 3 aliphatic heterocycles. The Bertz CT molecular complexity index is 1350. The van der Waals surface area contributed by atoms with Gasteiger partial charge in [0.15, 0.2) is 0 Å². The van der Waals surface area contributed by atoms with E-state index in [1.165, 1.54) is 5.56 Å². The number of anilines is 1. The van der Waals surface area contributed by atoms with Crippen molar-refractivity contribution in [3.8, 4) is 28.0 Å². The van der Waals surface area contributed by atoms with E-state index in [1.54, 1.807) is 4.90 Å². The van der Waals surface area contributed by atoms with Crippen LogP contribution in [0.5, 0.6) is 5.75 Å². The maximum atomic E-state index is 11.6. The first-order valence-electron chi connectivity index (χ1n) is 14.0. The van der Waals surface area contributed by atoms with E-state index >= 15 is 0 Å². The number of benzene rings is 2. The predicted molar refractivity (Wildman–Crippen MR) is 155 cm³/mol. The summed E-state index contributed by atoms with van der Waals surface area (Å²) < 4.78 is 13.9. The molecule has 2 fully saturated rings. The summed E-state index contributed by atoms with van der Waals surface area (Å²) in [6.07, 6.45) is 6.80. The molecule has 9 heteroatoms. The van der Waals surface area contributed by atoms with Crippen molar-refractivity contribution in [1.29, 1.82) is 0 Å². The Morgan fingerprint density at radius 3 is 2.62 bits per heavy atom. The number of fused-ring (bicyclic) bond motifs is 5. The lowest BCUT2D eigenvalue weighted by Crippen LogP contribution is -2.49. The minimum absolute atomic E-state index is 0.128. The molecule has 2 bridgehead atoms. The number of rotatable bonds is 8. The van der Waals surface area contributed by atoms with E-state index in [4.69, 9.17) is 9.47 Å². The molecule has 1 aromatic heterocycles. The van der Waals surface area contributed by atoms with Gasteiger partial charge >= 0.3 is 6.09 Å². The molecule has 2 N–H and O–H groups in total. The van der Waals surface area contributed by atoms with Crippen molar-refractivity contribution in [3.05, 3.63) is 54.4 Å². The number of nitrogens with zero attached hydrogens (tertiary/aromatic N) is 3. The molecular formula is C30H38N4O4Si. The van der Waals surface area contributed by atoms with Crippen molar-refractivity contribution < 1.29 is 19.4 Å². The van der Waals surface area contributed by atoms with Gasteiger partial charge in [-0.1, -0.05) is 31.8 Å². The van der Waals surface area contributed by atoms with Crippen molar-refractivity contribution in [2.75, 3.05) is 11.9 Å². The first kappa shape index (κ1) is 25.9. The molecule has 3 atom stereocenters. The van der Waals surface area contributed by atoms with E-state index in [0.717, 1.165) is 72.0 Å². The third kappa shape index (κ3) is 5.56. The second-order valence-corrected chi connectivity index (χ2v) is 18.0. The zero-order chi connectivity index (χ0) is 27.1. The monoisotopic (exact) mass is 546 g/mol. The standard InChI is InChI=1S/C30H38N4O4Si/c1-39(2,3)11-10-37-19-33-17-22(16-31-33)20-4-8-27-21(12-20)18-38-29-15-23(5-9-28(27)29)32-24-13-25-6-7-26(14-24)34(25)30(35)36/h4-5,8-9,12,15-17,24-26,32H,6-7,10-11,13-14,18-19H2,1-3H3,(H,35,36)/t24-,25-,26+. The second kappa shape index (κ2) is 10.4. The summed E-state index contributed by atoms with van der Waals surface area (Å²) in [7, 11) is -1.09. The van der Waals surface area contributed by atoms with Crippen LogP contribution in [0.3, 0.4) is 0 Å². The fourth-order valence-electron chi connectivity index (χ4n) is 6.23. The lowest BCUT2D eigenvalue weighted by molar-refractivity contribution is 0.0786. The van der Waals surface area contributed by atoms with Crippen LogP contribution in [0.25, 0.3) is 22.3 Å². The maximum absolute atomic E-state index is 11.6. The van der Waals surface area contributed by atoms with Gasteiger partial charge in [-0.2, -0.15) is 5.10 Å². The normalized spacial score (nSPS) is 21.7. The first-order chi connectivity index (χ1) is 18.7. The average Bonchev–Trinajstić information content (AvgIpc) is 3.48. The molecule has 206 valence electrons. The van der Waals surface area contributed by atoms with Gasteiger partial charge < -0.3 is 24.8 Å². The van der Waals surface area contributed by atoms with Gasteiger partial charge in [0.2, 0.25) is 0 Å². The Labute approximate surface area is 230 Å². The van der Waals surface area contributed by atoms with Gasteiger partial charge in [0.25, 0.3) is 0 Å². The Morgan fingerprint density at radius 2 is 1.87 bits per heavy atom. The van der Waals surface area contributed by atoms with Crippen LogP contribution in [-0.4, -0.2) is 58.7 Å². The Hall–Kier alpha value is -3.30. The van der Waals surface area contributed by atoms with E-state index < -0.39 is 14.2 Å². The number of carbonyl (C=O) groups is 1. The molecule has 3 aromatic rings. The predicted octanol–water partition coefficient (Wildman–Crippen LogP) is 6.51. The van der Waals surface area contributed by atoms with Gasteiger partial charge in [0.1, 0.15) is 19.1 Å². The zero-order valence-electron chi connectivity index (χ0n) is 23.0. The molecule has 0 aliphatic carbocycles. The molecule has 1 amide bonds. The fourth-order valence-corrected chi connectivity index (χ4v) is 6.98. The number of nitrogens with one attached hydrogen (secondary N) is 1. The smallest absolute Gasteiger partial charge is 0.407 e. The Balaban J connectivity index is 1.11. The lowest BCUT2D eigenvalue weighted by atomic mass is 9.93. The second-order valence-electron chi connectivity index (χ2n) is 12.4. The maximum Gasteiger partial charge on any atom is 0.407 e. The molecule has 2 aromatic carbocycles. The highest BCUT2D eigenvalue weighted by atomic mass is 28.3. The molecule has 8 nitrogen and oxygen atoms in total. The van der Waals surface area contributed by atoms with Crippen LogP contribution >= 0.6 is 0 Å². The van der Waals surface area contributed by atoms with E-state index in [0.29, 0.717) is 13.3 Å². The minimum atomic E-state index is -1.09. The molecule has 39 heavy (non-hydrogen) atoms. The number of aromatic nitrogens is 2. The summed E-state index contributed by atoms with van der Waals surface area (Å²) in [6, 6.07) is 14.5. The highest BCUT2D eigenvalue weighted by Crippen LogP contribution is 2.42. The average molecular weight is 547 g/mol. The number of carboxylic acid groups (broad SMARTS) is 1. The van der Waals surface area contributed by atoms with E-state index in [1.807, 2.05) is 17.1 Å². The van der Waals surface area contributed by atoms with E-state index in [9.17, 15) is 9.90 Å². The van der Waals surface area contributed by atoms with Gasteiger partial charge in [-0.25, -0.2) is 9.48 Å². The third-order valence-corrected chi connectivity index (χ3v) is 9.98. The van der Waals surface area contributed by atoms with Gasteiger partial charge in [0.05, 0.1) is 6.20 Å². The number of hydrogen-bond donors (Lipinski definition) is 2. The van der Waals surface area contributed by atoms with E-state index in [-0.39, 0.29) is 18.1 Å². The van der Waals surface area contributed by atoms with Crippen LogP contribution in [-0.2, 0) is 18.1 Å². The molecular weight excluding hydrogens is 508 g/mol. The lowest BCUT2D eigenvalue weighted by Gasteiger charge is -2.37. The molecule has 3 aliphatic rings. The summed E-state index contributed by atoms with van der Waals surface area (Å²) in [6.45, 7) is 8.84. The summed E-state index contributed by atoms with van der Waals surface area (Å²) in [5.41, 5.74) is 6.68. The zero-order valence-corrected chi connectivity index (χ0v) is 24.0. The Kier molecular flexibility index (Phi) is 6.89. The van der Waals surface area contributed by atoms with Crippen molar-refractivity contribution in [2.45, 2.75) is 82.8 Å². The molecule has 6 rings (SSSR count). The van der Waals surface area contributed by atoms with Crippen LogP contribution in [0.15, 0.2) is 48.8 Å². The van der Waals surface area contributed by atoms with Crippen LogP contribution in [0.1, 0.15) is 31.2 Å². The van der Waals surface area contributed by atoms with Crippen molar-refractivity contribution >= 4 is 19.9 Å². The topological polar surface area (TPSA) is 88.9 Å². The molecule has 0 saturated carbocycles. The Morgan fingerprint density at radius 1 is 1.10 bits per heavy atom. The molecule has 0 spiro atoms. The number of hydrogen-bond acceptors (Lipinski definition) is 5. The van der Waals surface area contributed by atoms with E-state index in [2.05, 4.69) is 66.5 Å². The van der Waals surface area contributed by atoms with Crippen LogP contribution in [0, 0.1) is 0 Å². The van der Waals surface area contributed by atoms with Gasteiger partial charge in [0, 0.05) is 61.9 Å².